The molecular formula is C15H17N7O. The van der Waals surface area contributed by atoms with E-state index in [1.165, 1.54) is 0 Å². The summed E-state index contributed by atoms with van der Waals surface area (Å²) in [6.45, 7) is 3.00. The molecule has 0 aliphatic carbocycles. The maximum Gasteiger partial charge on any atom is 0.271 e. The average molecular weight is 311 g/mol. The summed E-state index contributed by atoms with van der Waals surface area (Å²) in [6, 6.07) is 3.78. The van der Waals surface area contributed by atoms with Gasteiger partial charge in [-0.25, -0.2) is 9.97 Å². The van der Waals surface area contributed by atoms with Crippen molar-refractivity contribution in [2.75, 3.05) is 13.1 Å². The molecule has 3 N–H and O–H groups in total. The van der Waals surface area contributed by atoms with Crippen LogP contribution in [0.15, 0.2) is 24.5 Å². The number of aromatic nitrogens is 5. The van der Waals surface area contributed by atoms with Crippen molar-refractivity contribution in [2.45, 2.75) is 19.5 Å². The zero-order valence-electron chi connectivity index (χ0n) is 12.5. The second-order valence-corrected chi connectivity index (χ2v) is 5.50. The van der Waals surface area contributed by atoms with Gasteiger partial charge in [0.25, 0.3) is 5.91 Å². The van der Waals surface area contributed by atoms with Crippen LogP contribution in [0.1, 0.15) is 22.0 Å². The minimum atomic E-state index is -0.176. The number of pyridine rings is 1. The topological polar surface area (TPSA) is 101 Å². The average Bonchev–Trinajstić information content (AvgIpc) is 3.11. The van der Waals surface area contributed by atoms with Gasteiger partial charge in [0.2, 0.25) is 0 Å². The molecule has 118 valence electrons. The third-order valence-electron chi connectivity index (χ3n) is 3.98. The molecule has 8 nitrogen and oxygen atoms in total. The van der Waals surface area contributed by atoms with E-state index in [-0.39, 0.29) is 5.91 Å². The number of hydrogen-bond acceptors (Lipinski definition) is 5. The molecule has 0 saturated carbocycles. The summed E-state index contributed by atoms with van der Waals surface area (Å²) in [6.07, 6.45) is 4.35. The molecular weight excluding hydrogens is 294 g/mol. The number of amides is 1. The molecule has 3 aromatic heterocycles. The molecule has 8 heteroatoms. The van der Waals surface area contributed by atoms with Gasteiger partial charge in [0, 0.05) is 43.8 Å². The molecule has 0 saturated heterocycles. The highest BCUT2D eigenvalue weighted by atomic mass is 16.1. The Kier molecular flexibility index (Phi) is 3.51. The van der Waals surface area contributed by atoms with Crippen LogP contribution < -0.4 is 10.6 Å². The smallest absolute Gasteiger partial charge is 0.271 e. The second-order valence-electron chi connectivity index (χ2n) is 5.50. The molecule has 1 aliphatic heterocycles. The molecule has 0 aromatic carbocycles. The van der Waals surface area contributed by atoms with E-state index in [1.807, 2.05) is 22.9 Å². The molecule has 0 unspecified atom stereocenters. The zero-order chi connectivity index (χ0) is 15.6. The van der Waals surface area contributed by atoms with Gasteiger partial charge >= 0.3 is 0 Å². The van der Waals surface area contributed by atoms with Crippen LogP contribution in [0.4, 0.5) is 0 Å². The molecule has 0 fully saturated rings. The number of fused-ring (bicyclic) bond motifs is 2. The molecule has 4 rings (SSSR count). The van der Waals surface area contributed by atoms with E-state index in [0.717, 1.165) is 43.0 Å². The first kappa shape index (κ1) is 13.9. The van der Waals surface area contributed by atoms with Crippen LogP contribution in [-0.2, 0) is 19.5 Å². The molecule has 4 heterocycles. The monoisotopic (exact) mass is 311 g/mol. The predicted octanol–water partition coefficient (Wildman–Crippen LogP) is 0.230. The van der Waals surface area contributed by atoms with Crippen LogP contribution in [0.25, 0.3) is 11.0 Å². The lowest BCUT2D eigenvalue weighted by Crippen LogP contribution is -2.24. The molecule has 0 radical (unpaired) electrons. The number of rotatable bonds is 3. The minimum absolute atomic E-state index is 0.176. The number of H-pyrrole nitrogens is 1. The van der Waals surface area contributed by atoms with Gasteiger partial charge in [-0.05, 0) is 12.1 Å². The Bertz CT molecular complexity index is 827. The number of carbonyl (C=O) groups is 1. The van der Waals surface area contributed by atoms with Gasteiger partial charge in [0.05, 0.1) is 12.2 Å². The standard InChI is InChI=1S/C15H17N7O/c23-15(12-9-22-7-6-16-5-3-13(22)19-12)18-8-11-10-2-1-4-17-14(10)21-20-11/h1-2,4,9,16H,3,5-8H2,(H,18,23)(H,17,20,21). The lowest BCUT2D eigenvalue weighted by molar-refractivity contribution is 0.0946. The highest BCUT2D eigenvalue weighted by Gasteiger charge is 2.16. The lowest BCUT2D eigenvalue weighted by atomic mass is 10.2. The highest BCUT2D eigenvalue weighted by Crippen LogP contribution is 2.13. The first-order valence-corrected chi connectivity index (χ1v) is 7.64. The SMILES string of the molecule is O=C(NCc1[nH]nc2ncccc12)c1cn2c(n1)CCNCC2. The third kappa shape index (κ3) is 2.68. The fraction of sp³-hybridized carbons (Fsp3) is 0.333. The van der Waals surface area contributed by atoms with E-state index in [0.29, 0.717) is 17.9 Å². The summed E-state index contributed by atoms with van der Waals surface area (Å²) in [4.78, 5) is 20.9. The van der Waals surface area contributed by atoms with E-state index < -0.39 is 0 Å². The molecule has 3 aromatic rings. The molecule has 0 bridgehead atoms. The Balaban J connectivity index is 1.48. The van der Waals surface area contributed by atoms with Crippen molar-refractivity contribution in [3.05, 3.63) is 41.7 Å². The van der Waals surface area contributed by atoms with Crippen molar-refractivity contribution in [3.63, 3.8) is 0 Å². The number of nitrogens with one attached hydrogen (secondary N) is 3. The summed E-state index contributed by atoms with van der Waals surface area (Å²) in [5.74, 6) is 0.779. The summed E-state index contributed by atoms with van der Waals surface area (Å²) in [5, 5.41) is 14.2. The second kappa shape index (κ2) is 5.81. The van der Waals surface area contributed by atoms with E-state index in [9.17, 15) is 4.79 Å². The van der Waals surface area contributed by atoms with E-state index in [1.54, 1.807) is 6.20 Å². The molecule has 23 heavy (non-hydrogen) atoms. The van der Waals surface area contributed by atoms with Gasteiger partial charge in [0.15, 0.2) is 5.65 Å². The van der Waals surface area contributed by atoms with Crippen LogP contribution in [-0.4, -0.2) is 43.7 Å². The Morgan fingerprint density at radius 1 is 1.39 bits per heavy atom. The number of imidazole rings is 1. The van der Waals surface area contributed by atoms with Gasteiger partial charge in [-0.3, -0.25) is 9.89 Å². The zero-order valence-corrected chi connectivity index (χ0v) is 12.5. The number of nitrogens with zero attached hydrogens (tertiary/aromatic N) is 4. The van der Waals surface area contributed by atoms with Crippen molar-refractivity contribution in [2.24, 2.45) is 0 Å². The number of hydrogen-bond donors (Lipinski definition) is 3. The first-order chi connectivity index (χ1) is 11.3. The minimum Gasteiger partial charge on any atom is -0.345 e. The van der Waals surface area contributed by atoms with Crippen molar-refractivity contribution in [1.82, 2.24) is 35.4 Å². The number of carbonyl (C=O) groups excluding carboxylic acids is 1. The molecule has 1 aliphatic rings. The normalized spacial score (nSPS) is 14.4. The fourth-order valence-electron chi connectivity index (χ4n) is 2.78. The van der Waals surface area contributed by atoms with E-state index in [2.05, 4.69) is 30.8 Å². The predicted molar refractivity (Wildman–Crippen MR) is 83.9 cm³/mol. The van der Waals surface area contributed by atoms with E-state index >= 15 is 0 Å². The first-order valence-electron chi connectivity index (χ1n) is 7.64. The molecule has 0 spiro atoms. The van der Waals surface area contributed by atoms with Gasteiger partial charge in [-0.2, -0.15) is 5.10 Å². The Morgan fingerprint density at radius 2 is 2.35 bits per heavy atom. The molecule has 0 atom stereocenters. The van der Waals surface area contributed by atoms with Gasteiger partial charge in [0.1, 0.15) is 11.5 Å². The third-order valence-corrected chi connectivity index (χ3v) is 3.98. The highest BCUT2D eigenvalue weighted by molar-refractivity contribution is 5.92. The van der Waals surface area contributed by atoms with Crippen LogP contribution in [0.5, 0.6) is 0 Å². The summed E-state index contributed by atoms with van der Waals surface area (Å²) in [5.41, 5.74) is 1.95. The largest absolute Gasteiger partial charge is 0.345 e. The van der Waals surface area contributed by atoms with Crippen LogP contribution in [0, 0.1) is 0 Å². The summed E-state index contributed by atoms with van der Waals surface area (Å²) in [7, 11) is 0. The lowest BCUT2D eigenvalue weighted by Gasteiger charge is -2.02. The Hall–Kier alpha value is -2.74. The fourth-order valence-corrected chi connectivity index (χ4v) is 2.78. The van der Waals surface area contributed by atoms with Gasteiger partial charge < -0.3 is 15.2 Å². The Morgan fingerprint density at radius 3 is 3.30 bits per heavy atom. The Labute approximate surface area is 132 Å². The van der Waals surface area contributed by atoms with E-state index in [4.69, 9.17) is 0 Å². The summed E-state index contributed by atoms with van der Waals surface area (Å²) < 4.78 is 2.05. The maximum atomic E-state index is 12.3. The van der Waals surface area contributed by atoms with Crippen LogP contribution in [0.2, 0.25) is 0 Å². The van der Waals surface area contributed by atoms with Crippen molar-refractivity contribution in [1.29, 1.82) is 0 Å². The van der Waals surface area contributed by atoms with Gasteiger partial charge in [-0.15, -0.1) is 0 Å². The maximum absolute atomic E-state index is 12.3. The number of aromatic amines is 1. The molecule has 1 amide bonds. The summed E-state index contributed by atoms with van der Waals surface area (Å²) >= 11 is 0. The van der Waals surface area contributed by atoms with Crippen molar-refractivity contribution < 1.29 is 4.79 Å². The van der Waals surface area contributed by atoms with Crippen molar-refractivity contribution >= 4 is 16.9 Å². The van der Waals surface area contributed by atoms with Gasteiger partial charge in [-0.1, -0.05) is 0 Å². The van der Waals surface area contributed by atoms with Crippen LogP contribution >= 0.6 is 0 Å². The van der Waals surface area contributed by atoms with Crippen molar-refractivity contribution in [3.8, 4) is 0 Å². The van der Waals surface area contributed by atoms with Crippen LogP contribution in [0.3, 0.4) is 0 Å². The quantitative estimate of drug-likeness (QED) is 0.643.